The summed E-state index contributed by atoms with van der Waals surface area (Å²) in [7, 11) is -3.72. The molecule has 3 rings (SSSR count). The lowest BCUT2D eigenvalue weighted by molar-refractivity contribution is 0.0906. The third-order valence-electron chi connectivity index (χ3n) is 5.13. The molecule has 1 aromatic heterocycles. The predicted molar refractivity (Wildman–Crippen MR) is 116 cm³/mol. The second kappa shape index (κ2) is 10.2. The van der Waals surface area contributed by atoms with Crippen molar-refractivity contribution in [3.05, 3.63) is 41.7 Å². The maximum atomic E-state index is 12.7. The maximum absolute atomic E-state index is 12.7. The van der Waals surface area contributed by atoms with E-state index in [0.29, 0.717) is 37.8 Å². The van der Waals surface area contributed by atoms with Gasteiger partial charge in [-0.05, 0) is 63.4 Å². The average molecular weight is 451 g/mol. The molecule has 170 valence electrons. The first-order valence-electron chi connectivity index (χ1n) is 10.7. The Hall–Kier alpha value is -2.52. The monoisotopic (exact) mass is 450 g/mol. The number of benzene rings is 1. The lowest BCUT2D eigenvalue weighted by Crippen LogP contribution is -2.35. The molecule has 2 heterocycles. The van der Waals surface area contributed by atoms with Crippen LogP contribution >= 0.6 is 0 Å². The standard InChI is InChI=1S/C22H30N2O6S/c1-4-28-18-10-9-17(15-20(18)29-5-2)16(3)23-22(25)19-11-12-21(30-19)31(26,27)24-13-7-6-8-14-24/h9-12,15-16H,4-8,13-14H2,1-3H3,(H,23,25). The zero-order valence-corrected chi connectivity index (χ0v) is 19.0. The van der Waals surface area contributed by atoms with Gasteiger partial charge in [-0.3, -0.25) is 4.79 Å². The fourth-order valence-electron chi connectivity index (χ4n) is 3.50. The van der Waals surface area contributed by atoms with Crippen LogP contribution in [0.2, 0.25) is 0 Å². The minimum absolute atomic E-state index is 0.0431. The minimum Gasteiger partial charge on any atom is -0.490 e. The molecule has 1 aromatic carbocycles. The van der Waals surface area contributed by atoms with E-state index in [1.165, 1.54) is 16.4 Å². The summed E-state index contributed by atoms with van der Waals surface area (Å²) < 4.78 is 43.5. The smallest absolute Gasteiger partial charge is 0.287 e. The first-order chi connectivity index (χ1) is 14.9. The highest BCUT2D eigenvalue weighted by Crippen LogP contribution is 2.31. The molecule has 1 fully saturated rings. The van der Waals surface area contributed by atoms with Crippen molar-refractivity contribution in [2.24, 2.45) is 0 Å². The van der Waals surface area contributed by atoms with Crippen molar-refractivity contribution >= 4 is 15.9 Å². The van der Waals surface area contributed by atoms with Gasteiger partial charge in [0.25, 0.3) is 15.9 Å². The Balaban J connectivity index is 1.71. The van der Waals surface area contributed by atoms with E-state index in [0.717, 1.165) is 24.8 Å². The third-order valence-corrected chi connectivity index (χ3v) is 6.90. The van der Waals surface area contributed by atoms with E-state index in [1.807, 2.05) is 39.0 Å². The average Bonchev–Trinajstić information content (AvgIpc) is 3.27. The van der Waals surface area contributed by atoms with E-state index in [-0.39, 0.29) is 16.9 Å². The number of furan rings is 1. The number of carbonyl (C=O) groups is 1. The summed E-state index contributed by atoms with van der Waals surface area (Å²) >= 11 is 0. The van der Waals surface area contributed by atoms with Crippen LogP contribution in [-0.4, -0.2) is 44.9 Å². The highest BCUT2D eigenvalue weighted by molar-refractivity contribution is 7.89. The zero-order valence-electron chi connectivity index (χ0n) is 18.2. The summed E-state index contributed by atoms with van der Waals surface area (Å²) in [6, 6.07) is 7.87. The molecule has 0 aliphatic carbocycles. The second-order valence-corrected chi connectivity index (χ2v) is 9.22. The molecule has 9 heteroatoms. The fourth-order valence-corrected chi connectivity index (χ4v) is 4.93. The van der Waals surface area contributed by atoms with Gasteiger partial charge in [0.05, 0.1) is 19.3 Å². The Morgan fingerprint density at radius 3 is 2.42 bits per heavy atom. The van der Waals surface area contributed by atoms with Crippen LogP contribution in [0.3, 0.4) is 0 Å². The molecule has 1 aliphatic heterocycles. The Bertz CT molecular complexity index is 995. The van der Waals surface area contributed by atoms with E-state index in [9.17, 15) is 13.2 Å². The van der Waals surface area contributed by atoms with Crippen LogP contribution in [0.5, 0.6) is 11.5 Å². The van der Waals surface area contributed by atoms with Gasteiger partial charge in [-0.15, -0.1) is 0 Å². The quantitative estimate of drug-likeness (QED) is 0.625. The summed E-state index contributed by atoms with van der Waals surface area (Å²) in [5.41, 5.74) is 0.827. The van der Waals surface area contributed by atoms with Gasteiger partial charge in [-0.2, -0.15) is 4.31 Å². The molecule has 1 N–H and O–H groups in total. The summed E-state index contributed by atoms with van der Waals surface area (Å²) in [6.45, 7) is 7.58. The Morgan fingerprint density at radius 2 is 1.74 bits per heavy atom. The lowest BCUT2D eigenvalue weighted by atomic mass is 10.1. The molecule has 1 amide bonds. The van der Waals surface area contributed by atoms with Crippen molar-refractivity contribution in [2.75, 3.05) is 26.3 Å². The van der Waals surface area contributed by atoms with Crippen LogP contribution in [-0.2, 0) is 10.0 Å². The van der Waals surface area contributed by atoms with Crippen LogP contribution in [0, 0.1) is 0 Å². The molecule has 0 saturated carbocycles. The van der Waals surface area contributed by atoms with Crippen molar-refractivity contribution in [1.29, 1.82) is 0 Å². The maximum Gasteiger partial charge on any atom is 0.287 e. The van der Waals surface area contributed by atoms with Crippen molar-refractivity contribution < 1.29 is 27.1 Å². The third kappa shape index (κ3) is 5.40. The van der Waals surface area contributed by atoms with Crippen molar-refractivity contribution in [3.63, 3.8) is 0 Å². The second-order valence-electron chi connectivity index (χ2n) is 7.35. The van der Waals surface area contributed by atoms with E-state index in [1.54, 1.807) is 0 Å². The number of nitrogens with one attached hydrogen (secondary N) is 1. The zero-order chi connectivity index (χ0) is 22.4. The van der Waals surface area contributed by atoms with Crippen LogP contribution in [0.15, 0.2) is 39.8 Å². The Labute approximate surface area is 183 Å². The van der Waals surface area contributed by atoms with Gasteiger partial charge < -0.3 is 19.2 Å². The van der Waals surface area contributed by atoms with E-state index >= 15 is 0 Å². The number of rotatable bonds is 9. The summed E-state index contributed by atoms with van der Waals surface area (Å²) in [6.07, 6.45) is 2.68. The van der Waals surface area contributed by atoms with Gasteiger partial charge in [0.2, 0.25) is 5.09 Å². The molecule has 0 spiro atoms. The fraction of sp³-hybridized carbons (Fsp3) is 0.500. The highest BCUT2D eigenvalue weighted by Gasteiger charge is 2.30. The van der Waals surface area contributed by atoms with E-state index < -0.39 is 15.9 Å². The van der Waals surface area contributed by atoms with Crippen LogP contribution in [0.4, 0.5) is 0 Å². The van der Waals surface area contributed by atoms with E-state index in [4.69, 9.17) is 13.9 Å². The van der Waals surface area contributed by atoms with Gasteiger partial charge in [-0.25, -0.2) is 8.42 Å². The van der Waals surface area contributed by atoms with Crippen LogP contribution < -0.4 is 14.8 Å². The molecule has 0 radical (unpaired) electrons. The van der Waals surface area contributed by atoms with Crippen LogP contribution in [0.25, 0.3) is 0 Å². The predicted octanol–water partition coefficient (Wildman–Crippen LogP) is 3.74. The molecular formula is C22H30N2O6S. The number of hydrogen-bond acceptors (Lipinski definition) is 6. The molecule has 2 aromatic rings. The van der Waals surface area contributed by atoms with Crippen molar-refractivity contribution in [3.8, 4) is 11.5 Å². The number of hydrogen-bond donors (Lipinski definition) is 1. The van der Waals surface area contributed by atoms with E-state index in [2.05, 4.69) is 5.32 Å². The summed E-state index contributed by atoms with van der Waals surface area (Å²) in [5.74, 6) is 0.721. The molecular weight excluding hydrogens is 420 g/mol. The number of nitrogens with zero attached hydrogens (tertiary/aromatic N) is 1. The van der Waals surface area contributed by atoms with Gasteiger partial charge >= 0.3 is 0 Å². The Morgan fingerprint density at radius 1 is 1.06 bits per heavy atom. The van der Waals surface area contributed by atoms with Gasteiger partial charge in [-0.1, -0.05) is 12.5 Å². The number of amides is 1. The Kier molecular flexibility index (Phi) is 7.61. The lowest BCUT2D eigenvalue weighted by Gasteiger charge is -2.24. The molecule has 31 heavy (non-hydrogen) atoms. The van der Waals surface area contributed by atoms with Crippen LogP contribution in [0.1, 0.15) is 62.2 Å². The van der Waals surface area contributed by atoms with Gasteiger partial charge in [0.15, 0.2) is 17.3 Å². The SMILES string of the molecule is CCOc1ccc(C(C)NC(=O)c2ccc(S(=O)(=O)N3CCCCC3)o2)cc1OCC. The first-order valence-corrected chi connectivity index (χ1v) is 12.1. The minimum atomic E-state index is -3.72. The summed E-state index contributed by atoms with van der Waals surface area (Å²) in [5, 5.41) is 2.64. The highest BCUT2D eigenvalue weighted by atomic mass is 32.2. The van der Waals surface area contributed by atoms with Gasteiger partial charge in [0, 0.05) is 13.1 Å². The molecule has 0 bridgehead atoms. The molecule has 8 nitrogen and oxygen atoms in total. The normalized spacial score (nSPS) is 16.0. The largest absolute Gasteiger partial charge is 0.490 e. The number of sulfonamides is 1. The number of piperidine rings is 1. The molecule has 1 aliphatic rings. The number of ether oxygens (including phenoxy) is 2. The van der Waals surface area contributed by atoms with Crippen molar-refractivity contribution in [1.82, 2.24) is 9.62 Å². The van der Waals surface area contributed by atoms with Crippen molar-refractivity contribution in [2.45, 2.75) is 51.2 Å². The molecule has 1 atom stereocenters. The molecule has 1 unspecified atom stereocenters. The first kappa shape index (κ1) is 23.1. The summed E-state index contributed by atoms with van der Waals surface area (Å²) in [4.78, 5) is 12.7. The molecule has 1 saturated heterocycles. The topological polar surface area (TPSA) is 98.1 Å². The number of carbonyl (C=O) groups excluding carboxylic acids is 1. The van der Waals surface area contributed by atoms with Gasteiger partial charge in [0.1, 0.15) is 0 Å².